The number of allylic oxidation sites excluding steroid dienone is 2. The molecular weight excluding hydrogens is 558 g/mol. The molecule has 0 amide bonds. The first-order valence-electron chi connectivity index (χ1n) is 17.7. The van der Waals surface area contributed by atoms with Gasteiger partial charge in [0.25, 0.3) is 0 Å². The number of carboxylic acid groups (broad SMARTS) is 1. The highest BCUT2D eigenvalue weighted by Crippen LogP contribution is 2.13. The molecule has 0 saturated heterocycles. The van der Waals surface area contributed by atoms with Gasteiger partial charge in [-0.2, -0.15) is 0 Å². The van der Waals surface area contributed by atoms with Crippen molar-refractivity contribution in [1.82, 2.24) is 0 Å². The number of esters is 2. The minimum atomic E-state index is -0.878. The first-order chi connectivity index (χ1) is 21.1. The maximum Gasteiger partial charge on any atom is 0.362 e. The topological polar surface area (TPSA) is 99.1 Å². The maximum absolute atomic E-state index is 12.5. The van der Waals surface area contributed by atoms with Crippen LogP contribution in [0.5, 0.6) is 0 Å². The van der Waals surface area contributed by atoms with Crippen LogP contribution in [0, 0.1) is 0 Å². The third-order valence-electron chi connectivity index (χ3n) is 7.91. The molecule has 0 fully saturated rings. The number of aliphatic carboxylic acids is 1. The molecule has 2 unspecified atom stereocenters. The molecule has 1 N–H and O–H groups in total. The van der Waals surface area contributed by atoms with Gasteiger partial charge in [-0.1, -0.05) is 103 Å². The van der Waals surface area contributed by atoms with Crippen LogP contribution in [0.15, 0.2) is 12.2 Å². The van der Waals surface area contributed by atoms with Crippen molar-refractivity contribution in [3.8, 4) is 0 Å². The molecule has 2 atom stereocenters. The molecule has 0 aliphatic heterocycles. The van der Waals surface area contributed by atoms with Crippen LogP contribution >= 0.6 is 0 Å². The predicted octanol–water partition coefficient (Wildman–Crippen LogP) is 8.41. The summed E-state index contributed by atoms with van der Waals surface area (Å²) in [7, 11) is 5.50. The molecular formula is C36H68NO7+. The van der Waals surface area contributed by atoms with E-state index in [1.807, 2.05) is 21.1 Å². The zero-order chi connectivity index (χ0) is 32.9. The Morgan fingerprint density at radius 3 is 1.68 bits per heavy atom. The number of nitrogens with zero attached hydrogens (tertiary/aromatic N) is 1. The van der Waals surface area contributed by atoms with Gasteiger partial charge < -0.3 is 23.8 Å². The Bertz CT molecular complexity index is 747. The van der Waals surface area contributed by atoms with E-state index in [2.05, 4.69) is 26.0 Å². The van der Waals surface area contributed by atoms with Gasteiger partial charge in [0.05, 0.1) is 34.4 Å². The van der Waals surface area contributed by atoms with Crippen LogP contribution in [0.1, 0.15) is 149 Å². The molecule has 0 spiro atoms. The molecule has 0 bridgehead atoms. The van der Waals surface area contributed by atoms with Crippen molar-refractivity contribution in [1.29, 1.82) is 0 Å². The van der Waals surface area contributed by atoms with Gasteiger partial charge in [0.15, 0.2) is 12.1 Å². The van der Waals surface area contributed by atoms with E-state index in [-0.39, 0.29) is 36.2 Å². The normalized spacial score (nSPS) is 13.2. The molecule has 8 heteroatoms. The quantitative estimate of drug-likeness (QED) is 0.0357. The van der Waals surface area contributed by atoms with Gasteiger partial charge in [0.2, 0.25) is 0 Å². The average Bonchev–Trinajstić information content (AvgIpc) is 2.96. The number of hydrogen-bond donors (Lipinski definition) is 1. The van der Waals surface area contributed by atoms with Crippen LogP contribution in [-0.2, 0) is 28.6 Å². The first-order valence-corrected chi connectivity index (χ1v) is 17.7. The zero-order valence-corrected chi connectivity index (χ0v) is 29.1. The van der Waals surface area contributed by atoms with Crippen LogP contribution < -0.4 is 0 Å². The number of carbonyl (C=O) groups excluding carboxylic acids is 2. The number of rotatable bonds is 31. The predicted molar refractivity (Wildman–Crippen MR) is 179 cm³/mol. The molecule has 0 aromatic rings. The lowest BCUT2D eigenvalue weighted by atomic mass is 10.1. The lowest BCUT2D eigenvalue weighted by molar-refractivity contribution is -0.887. The van der Waals surface area contributed by atoms with Gasteiger partial charge in [-0.15, -0.1) is 0 Å². The van der Waals surface area contributed by atoms with Gasteiger partial charge in [-0.25, -0.2) is 4.79 Å². The Kier molecular flexibility index (Phi) is 27.3. The maximum atomic E-state index is 12.5. The summed E-state index contributed by atoms with van der Waals surface area (Å²) in [4.78, 5) is 36.2. The Hall–Kier alpha value is -1.93. The number of quaternary nitrogens is 1. The van der Waals surface area contributed by atoms with Crippen molar-refractivity contribution in [2.75, 3.05) is 41.0 Å². The van der Waals surface area contributed by atoms with E-state index in [0.29, 0.717) is 19.3 Å². The van der Waals surface area contributed by atoms with E-state index in [4.69, 9.17) is 14.2 Å². The summed E-state index contributed by atoms with van der Waals surface area (Å²) in [5, 5.41) is 9.51. The monoisotopic (exact) mass is 626 g/mol. The van der Waals surface area contributed by atoms with Crippen molar-refractivity contribution < 1.29 is 38.2 Å². The van der Waals surface area contributed by atoms with Gasteiger partial charge in [-0.3, -0.25) is 9.59 Å². The Morgan fingerprint density at radius 2 is 1.14 bits per heavy atom. The van der Waals surface area contributed by atoms with E-state index >= 15 is 0 Å². The molecule has 44 heavy (non-hydrogen) atoms. The molecule has 258 valence electrons. The van der Waals surface area contributed by atoms with E-state index in [1.54, 1.807) is 0 Å². The SMILES string of the molecule is CCCCCCCC/C=C\CCCCCCCCCC(=O)OC(COCCC(C(=O)O)[N+](C)(C)C)COC(=O)CCCCC. The second-order valence-electron chi connectivity index (χ2n) is 13.1. The molecule has 0 aromatic heterocycles. The van der Waals surface area contributed by atoms with Gasteiger partial charge in [-0.05, 0) is 38.5 Å². The van der Waals surface area contributed by atoms with Crippen molar-refractivity contribution in [3.63, 3.8) is 0 Å². The summed E-state index contributed by atoms with van der Waals surface area (Å²) in [5.41, 5.74) is 0. The molecule has 0 radical (unpaired) electrons. The van der Waals surface area contributed by atoms with Crippen molar-refractivity contribution in [2.45, 2.75) is 161 Å². The molecule has 0 rings (SSSR count). The van der Waals surface area contributed by atoms with Crippen molar-refractivity contribution >= 4 is 17.9 Å². The van der Waals surface area contributed by atoms with Gasteiger partial charge in [0, 0.05) is 19.3 Å². The second kappa shape index (κ2) is 28.5. The van der Waals surface area contributed by atoms with Crippen LogP contribution in [-0.4, -0.2) is 80.6 Å². The van der Waals surface area contributed by atoms with Crippen molar-refractivity contribution in [2.24, 2.45) is 0 Å². The second-order valence-corrected chi connectivity index (χ2v) is 13.1. The highest BCUT2D eigenvalue weighted by atomic mass is 16.6. The summed E-state index contributed by atoms with van der Waals surface area (Å²) in [6.07, 6.45) is 26.1. The van der Waals surface area contributed by atoms with E-state index in [0.717, 1.165) is 38.5 Å². The van der Waals surface area contributed by atoms with E-state index < -0.39 is 18.1 Å². The zero-order valence-electron chi connectivity index (χ0n) is 29.1. The van der Waals surface area contributed by atoms with Crippen LogP contribution in [0.4, 0.5) is 0 Å². The Morgan fingerprint density at radius 1 is 0.659 bits per heavy atom. The molecule has 0 aliphatic carbocycles. The number of unbranched alkanes of at least 4 members (excludes halogenated alkanes) is 15. The number of carbonyl (C=O) groups is 3. The highest BCUT2D eigenvalue weighted by Gasteiger charge is 2.31. The lowest BCUT2D eigenvalue weighted by Crippen LogP contribution is -2.50. The standard InChI is InChI=1S/C36H67NO7/c1-6-8-10-11-12-13-14-15-16-17-18-19-20-21-22-23-25-27-35(39)44-32(31-43-34(38)26-24-9-7-2)30-42-29-28-33(36(40)41)37(3,4)5/h15-16,32-33H,6-14,17-31H2,1-5H3/p+1/b16-15-. The Balaban J connectivity index is 4.20. The minimum Gasteiger partial charge on any atom is -0.477 e. The first kappa shape index (κ1) is 42.1. The summed E-state index contributed by atoms with van der Waals surface area (Å²) < 4.78 is 16.9. The highest BCUT2D eigenvalue weighted by molar-refractivity contribution is 5.72. The summed E-state index contributed by atoms with van der Waals surface area (Å²) in [6, 6.07) is -0.607. The summed E-state index contributed by atoms with van der Waals surface area (Å²) in [6.45, 7) is 4.55. The number of carboxylic acids is 1. The van der Waals surface area contributed by atoms with Crippen LogP contribution in [0.25, 0.3) is 0 Å². The fourth-order valence-corrected chi connectivity index (χ4v) is 5.08. The van der Waals surface area contributed by atoms with Gasteiger partial charge >= 0.3 is 17.9 Å². The average molecular weight is 627 g/mol. The summed E-state index contributed by atoms with van der Waals surface area (Å²) in [5.74, 6) is -1.50. The number of likely N-dealkylation sites (N-methyl/N-ethyl adjacent to an activating group) is 1. The van der Waals surface area contributed by atoms with E-state index in [1.165, 1.54) is 77.0 Å². The fourth-order valence-electron chi connectivity index (χ4n) is 5.08. The minimum absolute atomic E-state index is 0.0529. The molecule has 8 nitrogen and oxygen atoms in total. The lowest BCUT2D eigenvalue weighted by Gasteiger charge is -2.31. The third kappa shape index (κ3) is 26.5. The van der Waals surface area contributed by atoms with E-state index in [9.17, 15) is 19.5 Å². The molecule has 0 heterocycles. The van der Waals surface area contributed by atoms with Crippen molar-refractivity contribution in [3.05, 3.63) is 12.2 Å². The number of hydrogen-bond acceptors (Lipinski definition) is 6. The van der Waals surface area contributed by atoms with Crippen LogP contribution in [0.3, 0.4) is 0 Å². The fraction of sp³-hybridized carbons (Fsp3) is 0.861. The molecule has 0 aromatic carbocycles. The third-order valence-corrected chi connectivity index (χ3v) is 7.91. The van der Waals surface area contributed by atoms with Crippen LogP contribution in [0.2, 0.25) is 0 Å². The number of ether oxygens (including phenoxy) is 3. The smallest absolute Gasteiger partial charge is 0.362 e. The largest absolute Gasteiger partial charge is 0.477 e. The van der Waals surface area contributed by atoms with Gasteiger partial charge in [0.1, 0.15) is 6.61 Å². The molecule has 0 saturated carbocycles. The summed E-state index contributed by atoms with van der Waals surface area (Å²) >= 11 is 0. The molecule has 0 aliphatic rings. The Labute approximate surface area is 269 Å².